The molecule has 10 aromatic rings. The highest BCUT2D eigenvalue weighted by Gasteiger charge is 2.38. The molecule has 0 bridgehead atoms. The van der Waals surface area contributed by atoms with Gasteiger partial charge < -0.3 is 0 Å². The Hall–Kier alpha value is -7.16. The Kier molecular flexibility index (Phi) is 7.55. The quantitative estimate of drug-likeness (QED) is 0.176. The summed E-state index contributed by atoms with van der Waals surface area (Å²) < 4.78 is 0. The van der Waals surface area contributed by atoms with Gasteiger partial charge in [0.05, 0.1) is 11.4 Å². The molecule has 0 saturated heterocycles. The minimum Gasteiger partial charge on any atom is -0.228 e. The summed E-state index contributed by atoms with van der Waals surface area (Å²) in [6.45, 7) is 4.77. The van der Waals surface area contributed by atoms with Gasteiger partial charge >= 0.3 is 0 Å². The van der Waals surface area contributed by atoms with Crippen LogP contribution < -0.4 is 0 Å². The molecule has 0 saturated carbocycles. The molecule has 57 heavy (non-hydrogen) atoms. The van der Waals surface area contributed by atoms with Crippen LogP contribution in [0.3, 0.4) is 0 Å². The van der Waals surface area contributed by atoms with Crippen LogP contribution in [0.1, 0.15) is 25.0 Å². The Morgan fingerprint density at radius 2 is 0.947 bits per heavy atom. The molecule has 0 aliphatic heterocycles. The van der Waals surface area contributed by atoms with Gasteiger partial charge in [0.15, 0.2) is 5.82 Å². The van der Waals surface area contributed by atoms with Crippen LogP contribution in [0.25, 0.3) is 99.6 Å². The van der Waals surface area contributed by atoms with Crippen molar-refractivity contribution in [2.45, 2.75) is 19.3 Å². The van der Waals surface area contributed by atoms with Crippen LogP contribution >= 0.6 is 0 Å². The molecular formula is C55H38N2. The standard InChI is InChI=1S/C55H38N2/c1-55(2)49-31-28-36-15-8-9-21-42(36)52(49)48-25-13-24-47(53(48)55)45-29-30-46(44-23-11-10-22-43(44)45)51-34-50(56-54(57-51)37-16-4-3-5-17-37)41-20-12-19-39(33-41)40-27-26-35-14-6-7-18-38(35)32-40/h3-34H,1-2H3. The van der Waals surface area contributed by atoms with Crippen molar-refractivity contribution < 1.29 is 0 Å². The second kappa shape index (κ2) is 13.0. The SMILES string of the molecule is CC1(C)c2ccc3ccccc3c2-c2cccc(-c3ccc(-c4cc(-c5cccc(-c6ccc7ccccc7c6)c5)nc(-c5ccccc5)n4)c4ccccc34)c21. The number of benzene rings is 9. The van der Waals surface area contributed by atoms with Crippen LogP contribution in [0.2, 0.25) is 0 Å². The molecule has 0 unspecified atom stereocenters. The van der Waals surface area contributed by atoms with Gasteiger partial charge in [0.1, 0.15) is 0 Å². The fourth-order valence-corrected chi connectivity index (χ4v) is 9.31. The molecule has 2 nitrogen and oxygen atoms in total. The molecule has 1 heterocycles. The average Bonchev–Trinajstić information content (AvgIpc) is 3.52. The summed E-state index contributed by atoms with van der Waals surface area (Å²) in [6.07, 6.45) is 0. The van der Waals surface area contributed by atoms with E-state index in [0.717, 1.165) is 33.6 Å². The number of aromatic nitrogens is 2. The van der Waals surface area contributed by atoms with Crippen molar-refractivity contribution in [1.29, 1.82) is 0 Å². The summed E-state index contributed by atoms with van der Waals surface area (Å²) >= 11 is 0. The first kappa shape index (κ1) is 33.2. The van der Waals surface area contributed by atoms with Crippen molar-refractivity contribution in [3.05, 3.63) is 205 Å². The zero-order chi connectivity index (χ0) is 38.1. The molecule has 1 aliphatic carbocycles. The van der Waals surface area contributed by atoms with E-state index in [0.29, 0.717) is 5.82 Å². The number of fused-ring (bicyclic) bond motifs is 7. The average molecular weight is 727 g/mol. The van der Waals surface area contributed by atoms with Gasteiger partial charge in [-0.05, 0) is 95.0 Å². The number of hydrogen-bond acceptors (Lipinski definition) is 2. The minimum absolute atomic E-state index is 0.168. The Bertz CT molecular complexity index is 3210. The highest BCUT2D eigenvalue weighted by atomic mass is 14.9. The van der Waals surface area contributed by atoms with Crippen molar-refractivity contribution in [3.8, 4) is 67.3 Å². The van der Waals surface area contributed by atoms with Gasteiger partial charge in [0.25, 0.3) is 0 Å². The topological polar surface area (TPSA) is 25.8 Å². The molecule has 0 amide bonds. The van der Waals surface area contributed by atoms with Crippen LogP contribution in [-0.4, -0.2) is 9.97 Å². The van der Waals surface area contributed by atoms with Gasteiger partial charge in [0, 0.05) is 22.1 Å². The lowest BCUT2D eigenvalue weighted by atomic mass is 9.78. The lowest BCUT2D eigenvalue weighted by Crippen LogP contribution is -2.16. The highest BCUT2D eigenvalue weighted by molar-refractivity contribution is 6.08. The Morgan fingerprint density at radius 3 is 1.79 bits per heavy atom. The number of rotatable bonds is 5. The second-order valence-electron chi connectivity index (χ2n) is 15.7. The molecule has 11 rings (SSSR count). The molecule has 0 N–H and O–H groups in total. The molecule has 268 valence electrons. The molecule has 2 heteroatoms. The van der Waals surface area contributed by atoms with E-state index >= 15 is 0 Å². The van der Waals surface area contributed by atoms with Gasteiger partial charge in [0.2, 0.25) is 0 Å². The third-order valence-corrected chi connectivity index (χ3v) is 12.1. The summed E-state index contributed by atoms with van der Waals surface area (Å²) in [5.74, 6) is 0.708. The Morgan fingerprint density at radius 1 is 0.351 bits per heavy atom. The van der Waals surface area contributed by atoms with Crippen molar-refractivity contribution in [1.82, 2.24) is 9.97 Å². The molecular weight excluding hydrogens is 689 g/mol. The maximum atomic E-state index is 5.29. The normalized spacial score (nSPS) is 12.9. The van der Waals surface area contributed by atoms with Gasteiger partial charge in [-0.3, -0.25) is 0 Å². The summed E-state index contributed by atoms with van der Waals surface area (Å²) in [5, 5.41) is 7.44. The van der Waals surface area contributed by atoms with E-state index in [4.69, 9.17) is 9.97 Å². The van der Waals surface area contributed by atoms with Crippen LogP contribution in [0.5, 0.6) is 0 Å². The van der Waals surface area contributed by atoms with Gasteiger partial charge in [-0.25, -0.2) is 9.97 Å². The monoisotopic (exact) mass is 726 g/mol. The lowest BCUT2D eigenvalue weighted by Gasteiger charge is -2.25. The Balaban J connectivity index is 1.08. The molecule has 1 aromatic heterocycles. The maximum Gasteiger partial charge on any atom is 0.160 e. The van der Waals surface area contributed by atoms with Crippen LogP contribution in [0, 0.1) is 0 Å². The first-order chi connectivity index (χ1) is 28.0. The fourth-order valence-electron chi connectivity index (χ4n) is 9.31. The largest absolute Gasteiger partial charge is 0.228 e. The van der Waals surface area contributed by atoms with Crippen LogP contribution in [0.4, 0.5) is 0 Å². The van der Waals surface area contributed by atoms with Crippen molar-refractivity contribution in [3.63, 3.8) is 0 Å². The van der Waals surface area contributed by atoms with Crippen molar-refractivity contribution >= 4 is 32.3 Å². The van der Waals surface area contributed by atoms with E-state index in [-0.39, 0.29) is 5.41 Å². The van der Waals surface area contributed by atoms with Gasteiger partial charge in [-0.15, -0.1) is 0 Å². The number of nitrogens with zero attached hydrogens (tertiary/aromatic N) is 2. The van der Waals surface area contributed by atoms with Crippen molar-refractivity contribution in [2.75, 3.05) is 0 Å². The lowest BCUT2D eigenvalue weighted by molar-refractivity contribution is 0.662. The predicted octanol–water partition coefficient (Wildman–Crippen LogP) is 14.6. The van der Waals surface area contributed by atoms with E-state index < -0.39 is 0 Å². The first-order valence-corrected chi connectivity index (χ1v) is 19.7. The van der Waals surface area contributed by atoms with Crippen LogP contribution in [-0.2, 0) is 5.41 Å². The zero-order valence-electron chi connectivity index (χ0n) is 31.9. The van der Waals surface area contributed by atoms with Crippen molar-refractivity contribution in [2.24, 2.45) is 0 Å². The third kappa shape index (κ3) is 5.40. The summed E-state index contributed by atoms with van der Waals surface area (Å²) in [5.41, 5.74) is 15.1. The molecule has 0 fully saturated rings. The fraction of sp³-hybridized carbons (Fsp3) is 0.0545. The third-order valence-electron chi connectivity index (χ3n) is 12.1. The van der Waals surface area contributed by atoms with Gasteiger partial charge in [-0.1, -0.05) is 190 Å². The maximum absolute atomic E-state index is 5.29. The second-order valence-corrected chi connectivity index (χ2v) is 15.7. The van der Waals surface area contributed by atoms with E-state index in [1.54, 1.807) is 0 Å². The molecule has 9 aromatic carbocycles. The Labute approximate surface area is 332 Å². The van der Waals surface area contributed by atoms with Gasteiger partial charge in [-0.2, -0.15) is 0 Å². The predicted molar refractivity (Wildman–Crippen MR) is 239 cm³/mol. The number of hydrogen-bond donors (Lipinski definition) is 0. The van der Waals surface area contributed by atoms with E-state index in [1.807, 2.05) is 6.07 Å². The molecule has 0 spiro atoms. The summed E-state index contributed by atoms with van der Waals surface area (Å²) in [7, 11) is 0. The minimum atomic E-state index is -0.168. The summed E-state index contributed by atoms with van der Waals surface area (Å²) in [6, 6.07) is 70.1. The zero-order valence-corrected chi connectivity index (χ0v) is 31.9. The molecule has 1 aliphatic rings. The van der Waals surface area contributed by atoms with Crippen LogP contribution in [0.15, 0.2) is 194 Å². The highest BCUT2D eigenvalue weighted by Crippen LogP contribution is 2.55. The first-order valence-electron chi connectivity index (χ1n) is 19.7. The molecule has 0 atom stereocenters. The van der Waals surface area contributed by atoms with E-state index in [9.17, 15) is 0 Å². The van der Waals surface area contributed by atoms with E-state index in [1.165, 1.54) is 71.3 Å². The smallest absolute Gasteiger partial charge is 0.160 e. The molecule has 0 radical (unpaired) electrons. The van der Waals surface area contributed by atoms with E-state index in [2.05, 4.69) is 202 Å². The summed E-state index contributed by atoms with van der Waals surface area (Å²) in [4.78, 5) is 10.5.